The highest BCUT2D eigenvalue weighted by molar-refractivity contribution is 5.22. The fraction of sp³-hybridized carbons (Fsp3) is 0.429. The van der Waals surface area contributed by atoms with Crippen LogP contribution in [0.3, 0.4) is 0 Å². The summed E-state index contributed by atoms with van der Waals surface area (Å²) in [6.45, 7) is 1.93. The Morgan fingerprint density at radius 2 is 2.17 bits per heavy atom. The van der Waals surface area contributed by atoms with Gasteiger partial charge in [-0.3, -0.25) is 0 Å². The van der Waals surface area contributed by atoms with Crippen molar-refractivity contribution in [3.63, 3.8) is 0 Å². The quantitative estimate of drug-likeness (QED) is 0.808. The van der Waals surface area contributed by atoms with E-state index in [0.717, 1.165) is 12.5 Å². The topological polar surface area (TPSA) is 32.3 Å². The first-order valence-corrected chi connectivity index (χ1v) is 6.11. The predicted octanol–water partition coefficient (Wildman–Crippen LogP) is 2.55. The predicted molar refractivity (Wildman–Crippen MR) is 66.0 cm³/mol. The van der Waals surface area contributed by atoms with Gasteiger partial charge in [-0.25, -0.2) is 8.78 Å². The van der Waals surface area contributed by atoms with Gasteiger partial charge in [-0.15, -0.1) is 0 Å². The lowest BCUT2D eigenvalue weighted by molar-refractivity contribution is 0.245. The third-order valence-corrected chi connectivity index (χ3v) is 3.32. The van der Waals surface area contributed by atoms with Gasteiger partial charge in [0.25, 0.3) is 0 Å². The summed E-state index contributed by atoms with van der Waals surface area (Å²) < 4.78 is 26.7. The van der Waals surface area contributed by atoms with E-state index in [1.54, 1.807) is 13.0 Å². The van der Waals surface area contributed by atoms with Gasteiger partial charge in [0.05, 0.1) is 0 Å². The zero-order chi connectivity index (χ0) is 13.1. The van der Waals surface area contributed by atoms with Crippen molar-refractivity contribution in [3.05, 3.63) is 47.5 Å². The molecule has 18 heavy (non-hydrogen) atoms. The van der Waals surface area contributed by atoms with E-state index in [-0.39, 0.29) is 24.6 Å². The standard InChI is InChI=1S/C14H17F2NO/c1-9(12-3-2-4-13(15)14(12)16)17-11-6-5-10(7-11)8-18/h2-6,9-11,17-18H,7-8H2,1H3/t9-,10-,11+/m0/s1. The van der Waals surface area contributed by atoms with Crippen molar-refractivity contribution in [1.29, 1.82) is 0 Å². The van der Waals surface area contributed by atoms with Crippen LogP contribution in [-0.2, 0) is 0 Å². The number of aliphatic hydroxyl groups excluding tert-OH is 1. The van der Waals surface area contributed by atoms with E-state index >= 15 is 0 Å². The minimum absolute atomic E-state index is 0.0971. The fourth-order valence-electron chi connectivity index (χ4n) is 2.30. The van der Waals surface area contributed by atoms with Gasteiger partial charge < -0.3 is 10.4 Å². The maximum Gasteiger partial charge on any atom is 0.163 e. The summed E-state index contributed by atoms with van der Waals surface area (Å²) >= 11 is 0. The lowest BCUT2D eigenvalue weighted by Crippen LogP contribution is -2.30. The van der Waals surface area contributed by atoms with Crippen molar-refractivity contribution in [2.45, 2.75) is 25.4 Å². The summed E-state index contributed by atoms with van der Waals surface area (Å²) in [5.41, 5.74) is 0.329. The van der Waals surface area contributed by atoms with Crippen LogP contribution < -0.4 is 5.32 Å². The average Bonchev–Trinajstić information content (AvgIpc) is 2.80. The summed E-state index contributed by atoms with van der Waals surface area (Å²) in [4.78, 5) is 0. The van der Waals surface area contributed by atoms with Crippen LogP contribution in [0.5, 0.6) is 0 Å². The molecule has 98 valence electrons. The number of hydrogen-bond donors (Lipinski definition) is 2. The van der Waals surface area contributed by atoms with Crippen molar-refractivity contribution in [3.8, 4) is 0 Å². The van der Waals surface area contributed by atoms with Gasteiger partial charge in [0.2, 0.25) is 0 Å². The zero-order valence-corrected chi connectivity index (χ0v) is 10.2. The van der Waals surface area contributed by atoms with Gasteiger partial charge >= 0.3 is 0 Å². The molecule has 2 N–H and O–H groups in total. The Hall–Kier alpha value is -1.26. The molecule has 2 nitrogen and oxygen atoms in total. The van der Waals surface area contributed by atoms with Gasteiger partial charge in [-0.05, 0) is 19.4 Å². The molecule has 2 rings (SSSR count). The molecule has 1 aliphatic carbocycles. The third kappa shape index (κ3) is 2.76. The van der Waals surface area contributed by atoms with Crippen molar-refractivity contribution in [2.24, 2.45) is 5.92 Å². The summed E-state index contributed by atoms with van der Waals surface area (Å²) in [6, 6.07) is 4.03. The van der Waals surface area contributed by atoms with E-state index < -0.39 is 11.6 Å². The van der Waals surface area contributed by atoms with Crippen molar-refractivity contribution in [1.82, 2.24) is 5.32 Å². The lowest BCUT2D eigenvalue weighted by atomic mass is 10.0. The van der Waals surface area contributed by atoms with Crippen LogP contribution in [0.2, 0.25) is 0 Å². The molecular weight excluding hydrogens is 236 g/mol. The summed E-state index contributed by atoms with van der Waals surface area (Å²) in [5.74, 6) is -1.46. The smallest absolute Gasteiger partial charge is 0.163 e. The lowest BCUT2D eigenvalue weighted by Gasteiger charge is -2.20. The highest BCUT2D eigenvalue weighted by Gasteiger charge is 2.21. The van der Waals surface area contributed by atoms with Gasteiger partial charge in [0.1, 0.15) is 0 Å². The molecule has 0 amide bonds. The molecule has 0 aromatic heterocycles. The Bertz CT molecular complexity index is 447. The monoisotopic (exact) mass is 253 g/mol. The molecule has 1 aromatic rings. The van der Waals surface area contributed by atoms with Gasteiger partial charge in [-0.1, -0.05) is 24.3 Å². The second-order valence-electron chi connectivity index (χ2n) is 4.70. The van der Waals surface area contributed by atoms with E-state index in [0.29, 0.717) is 5.56 Å². The Morgan fingerprint density at radius 3 is 2.83 bits per heavy atom. The Kier molecular flexibility index (Phi) is 4.09. The van der Waals surface area contributed by atoms with E-state index in [4.69, 9.17) is 5.11 Å². The molecule has 0 radical (unpaired) electrons. The number of benzene rings is 1. The van der Waals surface area contributed by atoms with E-state index in [9.17, 15) is 8.78 Å². The first-order valence-electron chi connectivity index (χ1n) is 6.11. The van der Waals surface area contributed by atoms with Crippen molar-refractivity contribution in [2.75, 3.05) is 6.61 Å². The second-order valence-corrected chi connectivity index (χ2v) is 4.70. The molecule has 0 aliphatic heterocycles. The van der Waals surface area contributed by atoms with Gasteiger partial charge in [0, 0.05) is 30.2 Å². The van der Waals surface area contributed by atoms with Gasteiger partial charge in [-0.2, -0.15) is 0 Å². The molecule has 0 spiro atoms. The van der Waals surface area contributed by atoms with Crippen LogP contribution in [0, 0.1) is 17.6 Å². The van der Waals surface area contributed by atoms with Gasteiger partial charge in [0.15, 0.2) is 11.6 Å². The van der Waals surface area contributed by atoms with Crippen LogP contribution in [0.15, 0.2) is 30.4 Å². The number of nitrogens with one attached hydrogen (secondary N) is 1. The molecular formula is C14H17F2NO. The molecule has 1 aliphatic rings. The van der Waals surface area contributed by atoms with Crippen LogP contribution in [0.25, 0.3) is 0 Å². The fourth-order valence-corrected chi connectivity index (χ4v) is 2.30. The number of halogens is 2. The minimum Gasteiger partial charge on any atom is -0.396 e. The molecule has 0 saturated heterocycles. The highest BCUT2D eigenvalue weighted by atomic mass is 19.2. The largest absolute Gasteiger partial charge is 0.396 e. The van der Waals surface area contributed by atoms with Crippen molar-refractivity contribution < 1.29 is 13.9 Å². The SMILES string of the molecule is C[C@H](N[C@@H]1C=C[C@H](CO)C1)c1cccc(F)c1F. The van der Waals surface area contributed by atoms with E-state index in [1.807, 2.05) is 12.2 Å². The number of aliphatic hydroxyl groups is 1. The highest BCUT2D eigenvalue weighted by Crippen LogP contribution is 2.23. The van der Waals surface area contributed by atoms with Crippen LogP contribution in [0.4, 0.5) is 8.78 Å². The van der Waals surface area contributed by atoms with E-state index in [1.165, 1.54) is 6.07 Å². The number of rotatable bonds is 4. The molecule has 0 fully saturated rings. The van der Waals surface area contributed by atoms with Crippen LogP contribution >= 0.6 is 0 Å². The Balaban J connectivity index is 2.02. The molecule has 1 aromatic carbocycles. The molecule has 4 heteroatoms. The maximum absolute atomic E-state index is 13.6. The normalized spacial score (nSPS) is 24.4. The van der Waals surface area contributed by atoms with Crippen molar-refractivity contribution >= 4 is 0 Å². The van der Waals surface area contributed by atoms with Crippen LogP contribution in [-0.4, -0.2) is 17.8 Å². The molecule has 0 heterocycles. The molecule has 0 unspecified atom stereocenters. The molecule has 0 bridgehead atoms. The summed E-state index contributed by atoms with van der Waals surface area (Å²) in [7, 11) is 0. The molecule has 0 saturated carbocycles. The Labute approximate surface area is 105 Å². The van der Waals surface area contributed by atoms with E-state index in [2.05, 4.69) is 5.32 Å². The average molecular weight is 253 g/mol. The third-order valence-electron chi connectivity index (χ3n) is 3.32. The minimum atomic E-state index is -0.823. The summed E-state index contributed by atoms with van der Waals surface area (Å²) in [5, 5.41) is 12.2. The first kappa shape index (κ1) is 13.2. The number of hydrogen-bond acceptors (Lipinski definition) is 2. The first-order chi connectivity index (χ1) is 8.61. The molecule has 3 atom stereocenters. The Morgan fingerprint density at radius 1 is 1.39 bits per heavy atom. The van der Waals surface area contributed by atoms with Crippen LogP contribution in [0.1, 0.15) is 24.9 Å². The summed E-state index contributed by atoms with van der Waals surface area (Å²) in [6.07, 6.45) is 4.71. The zero-order valence-electron chi connectivity index (χ0n) is 10.2. The maximum atomic E-state index is 13.6. The second kappa shape index (κ2) is 5.59.